The molecule has 3 rings (SSSR count). The quantitative estimate of drug-likeness (QED) is 0.920. The van der Waals surface area contributed by atoms with Gasteiger partial charge in [0.15, 0.2) is 0 Å². The first-order valence-corrected chi connectivity index (χ1v) is 7.19. The lowest BCUT2D eigenvalue weighted by molar-refractivity contribution is -0.122. The van der Waals surface area contributed by atoms with Crippen LogP contribution in [0.4, 0.5) is 0 Å². The van der Waals surface area contributed by atoms with E-state index in [9.17, 15) is 4.79 Å². The van der Waals surface area contributed by atoms with Crippen LogP contribution < -0.4 is 5.32 Å². The first kappa shape index (κ1) is 13.2. The Morgan fingerprint density at radius 1 is 1.10 bits per heavy atom. The number of hydrogen-bond donors (Lipinski definition) is 1. The van der Waals surface area contributed by atoms with Crippen molar-refractivity contribution in [3.8, 4) is 0 Å². The van der Waals surface area contributed by atoms with Crippen molar-refractivity contribution in [3.05, 3.63) is 70.7 Å². The molecule has 20 heavy (non-hydrogen) atoms. The lowest BCUT2D eigenvalue weighted by Gasteiger charge is -2.17. The lowest BCUT2D eigenvalue weighted by atomic mass is 9.84. The van der Waals surface area contributed by atoms with E-state index in [-0.39, 0.29) is 17.7 Å². The zero-order valence-electron chi connectivity index (χ0n) is 11.1. The molecule has 1 aliphatic rings. The molecule has 0 unspecified atom stereocenters. The third-order valence-electron chi connectivity index (χ3n) is 3.89. The smallest absolute Gasteiger partial charge is 0.224 e. The second kappa shape index (κ2) is 5.68. The largest absolute Gasteiger partial charge is 0.355 e. The SMILES string of the molecule is O=C1NC[C@@H](c2ccccc2)[C@H]1Cc1cccc(Cl)c1. The Morgan fingerprint density at radius 2 is 1.90 bits per heavy atom. The van der Waals surface area contributed by atoms with Gasteiger partial charge in [-0.25, -0.2) is 0 Å². The van der Waals surface area contributed by atoms with Crippen LogP contribution in [0.2, 0.25) is 5.02 Å². The zero-order chi connectivity index (χ0) is 13.9. The highest BCUT2D eigenvalue weighted by atomic mass is 35.5. The minimum Gasteiger partial charge on any atom is -0.355 e. The molecule has 2 atom stereocenters. The fourth-order valence-electron chi connectivity index (χ4n) is 2.87. The summed E-state index contributed by atoms with van der Waals surface area (Å²) in [5, 5.41) is 3.70. The molecule has 1 fully saturated rings. The van der Waals surface area contributed by atoms with Crippen molar-refractivity contribution in [1.82, 2.24) is 5.32 Å². The second-order valence-electron chi connectivity index (χ2n) is 5.20. The summed E-state index contributed by atoms with van der Waals surface area (Å²) in [6.07, 6.45) is 0.728. The van der Waals surface area contributed by atoms with Gasteiger partial charge in [0.1, 0.15) is 0 Å². The molecule has 2 nitrogen and oxygen atoms in total. The van der Waals surface area contributed by atoms with E-state index < -0.39 is 0 Å². The Hall–Kier alpha value is -1.80. The summed E-state index contributed by atoms with van der Waals surface area (Å²) in [6, 6.07) is 18.0. The van der Waals surface area contributed by atoms with Gasteiger partial charge < -0.3 is 5.32 Å². The molecule has 2 aromatic rings. The van der Waals surface area contributed by atoms with Crippen molar-refractivity contribution in [2.45, 2.75) is 12.3 Å². The van der Waals surface area contributed by atoms with Gasteiger partial charge in [-0.15, -0.1) is 0 Å². The summed E-state index contributed by atoms with van der Waals surface area (Å²) in [5.74, 6) is 0.359. The van der Waals surface area contributed by atoms with Gasteiger partial charge in [-0.05, 0) is 29.7 Å². The monoisotopic (exact) mass is 285 g/mol. The third kappa shape index (κ3) is 2.70. The summed E-state index contributed by atoms with van der Waals surface area (Å²) in [6.45, 7) is 0.716. The first-order valence-electron chi connectivity index (χ1n) is 6.81. The molecule has 1 amide bonds. The second-order valence-corrected chi connectivity index (χ2v) is 5.64. The molecule has 1 N–H and O–H groups in total. The molecule has 0 bridgehead atoms. The van der Waals surface area contributed by atoms with Crippen LogP contribution >= 0.6 is 11.6 Å². The van der Waals surface area contributed by atoms with Crippen LogP contribution in [0.25, 0.3) is 0 Å². The number of hydrogen-bond acceptors (Lipinski definition) is 1. The molecule has 1 heterocycles. The molecule has 1 saturated heterocycles. The van der Waals surface area contributed by atoms with E-state index in [4.69, 9.17) is 11.6 Å². The van der Waals surface area contributed by atoms with Gasteiger partial charge in [0, 0.05) is 17.5 Å². The predicted octanol–water partition coefficient (Wildman–Crippen LogP) is 3.41. The average molecular weight is 286 g/mol. The number of amides is 1. The summed E-state index contributed by atoms with van der Waals surface area (Å²) in [7, 11) is 0. The van der Waals surface area contributed by atoms with E-state index in [0.29, 0.717) is 6.54 Å². The highest BCUT2D eigenvalue weighted by molar-refractivity contribution is 6.30. The van der Waals surface area contributed by atoms with Crippen molar-refractivity contribution < 1.29 is 4.79 Å². The van der Waals surface area contributed by atoms with Crippen LogP contribution in [-0.4, -0.2) is 12.5 Å². The maximum atomic E-state index is 12.1. The number of benzene rings is 2. The van der Waals surface area contributed by atoms with Gasteiger partial charge >= 0.3 is 0 Å². The Balaban J connectivity index is 1.84. The van der Waals surface area contributed by atoms with Crippen LogP contribution in [0, 0.1) is 5.92 Å². The van der Waals surface area contributed by atoms with Crippen LogP contribution in [0.15, 0.2) is 54.6 Å². The topological polar surface area (TPSA) is 29.1 Å². The summed E-state index contributed by atoms with van der Waals surface area (Å²) in [5.41, 5.74) is 2.33. The predicted molar refractivity (Wildman–Crippen MR) is 80.8 cm³/mol. The number of rotatable bonds is 3. The van der Waals surface area contributed by atoms with E-state index in [1.807, 2.05) is 42.5 Å². The fourth-order valence-corrected chi connectivity index (χ4v) is 3.08. The van der Waals surface area contributed by atoms with E-state index in [0.717, 1.165) is 17.0 Å². The molecular weight excluding hydrogens is 270 g/mol. The molecule has 0 spiro atoms. The Labute approximate surface area is 123 Å². The molecule has 102 valence electrons. The summed E-state index contributed by atoms with van der Waals surface area (Å²) < 4.78 is 0. The van der Waals surface area contributed by atoms with Crippen LogP contribution in [-0.2, 0) is 11.2 Å². The first-order chi connectivity index (χ1) is 9.74. The van der Waals surface area contributed by atoms with Crippen molar-refractivity contribution in [2.24, 2.45) is 5.92 Å². The number of carbonyl (C=O) groups excluding carboxylic acids is 1. The van der Waals surface area contributed by atoms with Crippen molar-refractivity contribution >= 4 is 17.5 Å². The molecule has 3 heteroatoms. The van der Waals surface area contributed by atoms with Gasteiger partial charge in [0.2, 0.25) is 5.91 Å². The molecular formula is C17H16ClNO. The standard InChI is InChI=1S/C17H16ClNO/c18-14-8-4-5-12(9-14)10-15-16(11-19-17(15)20)13-6-2-1-3-7-13/h1-9,15-16H,10-11H2,(H,19,20)/t15-,16+/m1/s1. The van der Waals surface area contributed by atoms with Crippen molar-refractivity contribution in [2.75, 3.05) is 6.54 Å². The molecule has 0 aliphatic carbocycles. The Bertz CT molecular complexity index is 611. The Kier molecular flexibility index (Phi) is 3.75. The van der Waals surface area contributed by atoms with Gasteiger partial charge in [-0.2, -0.15) is 0 Å². The molecule has 0 aromatic heterocycles. The normalized spacial score (nSPS) is 21.8. The Morgan fingerprint density at radius 3 is 2.65 bits per heavy atom. The third-order valence-corrected chi connectivity index (χ3v) is 4.13. The number of carbonyl (C=O) groups is 1. The van der Waals surface area contributed by atoms with E-state index in [1.54, 1.807) is 0 Å². The van der Waals surface area contributed by atoms with Crippen molar-refractivity contribution in [1.29, 1.82) is 0 Å². The van der Waals surface area contributed by atoms with Crippen molar-refractivity contribution in [3.63, 3.8) is 0 Å². The van der Waals surface area contributed by atoms with Crippen LogP contribution in [0.3, 0.4) is 0 Å². The van der Waals surface area contributed by atoms with E-state index in [2.05, 4.69) is 17.4 Å². The van der Waals surface area contributed by atoms with Gasteiger partial charge in [0.25, 0.3) is 0 Å². The van der Waals surface area contributed by atoms with E-state index >= 15 is 0 Å². The highest BCUT2D eigenvalue weighted by Gasteiger charge is 2.35. The lowest BCUT2D eigenvalue weighted by Crippen LogP contribution is -2.21. The molecule has 2 aromatic carbocycles. The number of nitrogens with one attached hydrogen (secondary N) is 1. The van der Waals surface area contributed by atoms with Gasteiger partial charge in [0.05, 0.1) is 5.92 Å². The molecule has 0 radical (unpaired) electrons. The minimum absolute atomic E-state index is 0.0177. The summed E-state index contributed by atoms with van der Waals surface area (Å²) >= 11 is 6.02. The summed E-state index contributed by atoms with van der Waals surface area (Å²) in [4.78, 5) is 12.1. The molecule has 1 aliphatic heterocycles. The van der Waals surface area contributed by atoms with Crippen LogP contribution in [0.5, 0.6) is 0 Å². The molecule has 0 saturated carbocycles. The highest BCUT2D eigenvalue weighted by Crippen LogP contribution is 2.31. The number of halogens is 1. The van der Waals surface area contributed by atoms with E-state index in [1.165, 1.54) is 5.56 Å². The maximum Gasteiger partial charge on any atom is 0.224 e. The zero-order valence-corrected chi connectivity index (χ0v) is 11.8. The van der Waals surface area contributed by atoms with Gasteiger partial charge in [-0.3, -0.25) is 4.79 Å². The van der Waals surface area contributed by atoms with Crippen LogP contribution in [0.1, 0.15) is 17.0 Å². The van der Waals surface area contributed by atoms with Gasteiger partial charge in [-0.1, -0.05) is 54.1 Å². The maximum absolute atomic E-state index is 12.1. The minimum atomic E-state index is -0.0177. The average Bonchev–Trinajstić information content (AvgIpc) is 2.81. The fraction of sp³-hybridized carbons (Fsp3) is 0.235.